The number of aliphatic hydroxyl groups is 1. The summed E-state index contributed by atoms with van der Waals surface area (Å²) in [4.78, 5) is 0. The number of ether oxygens (including phenoxy) is 1. The quantitative estimate of drug-likeness (QED) is 0.884. The molecule has 2 unspecified atom stereocenters. The molecule has 1 aromatic carbocycles. The van der Waals surface area contributed by atoms with E-state index in [1.54, 1.807) is 0 Å². The van der Waals surface area contributed by atoms with E-state index in [-0.39, 0.29) is 17.4 Å². The number of hydrogen-bond acceptors (Lipinski definition) is 2. The van der Waals surface area contributed by atoms with Gasteiger partial charge in [0, 0.05) is 0 Å². The van der Waals surface area contributed by atoms with E-state index in [0.29, 0.717) is 5.92 Å². The number of halogens is 3. The Morgan fingerprint density at radius 3 is 2.67 bits per heavy atom. The average molecular weight is 302 g/mol. The van der Waals surface area contributed by atoms with E-state index in [0.717, 1.165) is 38.2 Å². The lowest BCUT2D eigenvalue weighted by Crippen LogP contribution is -2.26. The van der Waals surface area contributed by atoms with Crippen LogP contribution in [0.5, 0.6) is 5.75 Å². The lowest BCUT2D eigenvalue weighted by atomic mass is 9.85. The number of aliphatic hydroxyl groups excluding tert-OH is 1. The van der Waals surface area contributed by atoms with Crippen LogP contribution in [0.3, 0.4) is 0 Å². The van der Waals surface area contributed by atoms with Crippen LogP contribution in [0, 0.1) is 5.92 Å². The van der Waals surface area contributed by atoms with Gasteiger partial charge in [0.05, 0.1) is 18.3 Å². The molecule has 1 N–H and O–H groups in total. The van der Waals surface area contributed by atoms with Crippen LogP contribution in [-0.4, -0.2) is 11.2 Å². The molecule has 0 spiro atoms. The maximum Gasteiger partial charge on any atom is 0.419 e. The van der Waals surface area contributed by atoms with Gasteiger partial charge >= 0.3 is 6.18 Å². The highest BCUT2D eigenvalue weighted by molar-refractivity contribution is 5.39. The molecule has 1 saturated carbocycles. The molecule has 1 aliphatic rings. The van der Waals surface area contributed by atoms with E-state index >= 15 is 0 Å². The van der Waals surface area contributed by atoms with Gasteiger partial charge in [-0.25, -0.2) is 0 Å². The van der Waals surface area contributed by atoms with Crippen molar-refractivity contribution in [1.29, 1.82) is 0 Å². The first-order valence-corrected chi connectivity index (χ1v) is 7.41. The van der Waals surface area contributed by atoms with E-state index in [1.807, 2.05) is 0 Å². The second-order valence-electron chi connectivity index (χ2n) is 5.67. The lowest BCUT2D eigenvalue weighted by molar-refractivity contribution is -0.139. The van der Waals surface area contributed by atoms with Crippen LogP contribution < -0.4 is 4.74 Å². The standard InChI is InChI=1S/C16H21F3O2/c1-2-11-4-3-5-13(8-11)21-15-7-6-12(10-20)9-14(15)16(17,18)19/h6-7,9,11,13,20H,2-5,8,10H2,1H3. The van der Waals surface area contributed by atoms with Crippen molar-refractivity contribution < 1.29 is 23.0 Å². The van der Waals surface area contributed by atoms with Gasteiger partial charge in [-0.15, -0.1) is 0 Å². The summed E-state index contributed by atoms with van der Waals surface area (Å²) in [6.07, 6.45) is 0.162. The van der Waals surface area contributed by atoms with Crippen molar-refractivity contribution in [3.8, 4) is 5.75 Å². The molecule has 2 atom stereocenters. The van der Waals surface area contributed by atoms with Crippen LogP contribution in [0.25, 0.3) is 0 Å². The third-order valence-corrected chi connectivity index (χ3v) is 4.14. The average Bonchev–Trinajstić information content (AvgIpc) is 2.46. The van der Waals surface area contributed by atoms with Gasteiger partial charge in [0.25, 0.3) is 0 Å². The first-order chi connectivity index (χ1) is 9.94. The van der Waals surface area contributed by atoms with Gasteiger partial charge in [0.2, 0.25) is 0 Å². The van der Waals surface area contributed by atoms with E-state index in [9.17, 15) is 13.2 Å². The normalized spacial score (nSPS) is 23.1. The third kappa shape index (κ3) is 4.13. The molecular formula is C16H21F3O2. The topological polar surface area (TPSA) is 29.5 Å². The second-order valence-corrected chi connectivity index (χ2v) is 5.67. The Hall–Kier alpha value is -1.23. The molecule has 0 amide bonds. The fourth-order valence-electron chi connectivity index (χ4n) is 2.90. The zero-order chi connectivity index (χ0) is 15.5. The highest BCUT2D eigenvalue weighted by Crippen LogP contribution is 2.39. The minimum Gasteiger partial charge on any atom is -0.490 e. The highest BCUT2D eigenvalue weighted by Gasteiger charge is 2.35. The minimum absolute atomic E-state index is 0.124. The van der Waals surface area contributed by atoms with Crippen molar-refractivity contribution in [2.24, 2.45) is 5.92 Å². The Labute approximate surface area is 122 Å². The van der Waals surface area contributed by atoms with Gasteiger partial charge in [-0.2, -0.15) is 13.2 Å². The zero-order valence-electron chi connectivity index (χ0n) is 12.1. The third-order valence-electron chi connectivity index (χ3n) is 4.14. The predicted octanol–water partition coefficient (Wildman–Crippen LogP) is 4.55. The summed E-state index contributed by atoms with van der Waals surface area (Å²) in [5, 5.41) is 9.00. The van der Waals surface area contributed by atoms with Crippen LogP contribution in [-0.2, 0) is 12.8 Å². The van der Waals surface area contributed by atoms with Crippen molar-refractivity contribution in [2.45, 2.75) is 57.9 Å². The van der Waals surface area contributed by atoms with E-state index in [2.05, 4.69) is 6.92 Å². The van der Waals surface area contributed by atoms with E-state index in [4.69, 9.17) is 9.84 Å². The van der Waals surface area contributed by atoms with Crippen molar-refractivity contribution in [3.63, 3.8) is 0 Å². The summed E-state index contributed by atoms with van der Waals surface area (Å²) in [7, 11) is 0. The second kappa shape index (κ2) is 6.69. The molecule has 0 heterocycles. The molecular weight excluding hydrogens is 281 g/mol. The maximum absolute atomic E-state index is 13.1. The first kappa shape index (κ1) is 16.1. The van der Waals surface area contributed by atoms with Crippen molar-refractivity contribution in [1.82, 2.24) is 0 Å². The summed E-state index contributed by atoms with van der Waals surface area (Å²) in [6.45, 7) is 1.69. The summed E-state index contributed by atoms with van der Waals surface area (Å²) >= 11 is 0. The molecule has 0 radical (unpaired) electrons. The van der Waals surface area contributed by atoms with Gasteiger partial charge < -0.3 is 9.84 Å². The minimum atomic E-state index is -4.47. The largest absolute Gasteiger partial charge is 0.490 e. The summed E-state index contributed by atoms with van der Waals surface area (Å²) in [5.74, 6) is 0.413. The molecule has 1 aromatic rings. The van der Waals surface area contributed by atoms with Crippen LogP contribution in [0.15, 0.2) is 18.2 Å². The molecule has 0 aliphatic heterocycles. The molecule has 1 fully saturated rings. The molecule has 21 heavy (non-hydrogen) atoms. The summed E-state index contributed by atoms with van der Waals surface area (Å²) < 4.78 is 44.9. The SMILES string of the molecule is CCC1CCCC(Oc2ccc(CO)cc2C(F)(F)F)C1. The van der Waals surface area contributed by atoms with Gasteiger partial charge in [0.1, 0.15) is 5.75 Å². The first-order valence-electron chi connectivity index (χ1n) is 7.41. The van der Waals surface area contributed by atoms with E-state index in [1.165, 1.54) is 12.1 Å². The Kier molecular flexibility index (Phi) is 5.14. The molecule has 5 heteroatoms. The molecule has 118 valence electrons. The van der Waals surface area contributed by atoms with E-state index < -0.39 is 18.3 Å². The predicted molar refractivity (Wildman–Crippen MR) is 74.0 cm³/mol. The molecule has 1 aliphatic carbocycles. The van der Waals surface area contributed by atoms with Crippen LogP contribution in [0.2, 0.25) is 0 Å². The fraction of sp³-hybridized carbons (Fsp3) is 0.625. The van der Waals surface area contributed by atoms with Crippen LogP contribution >= 0.6 is 0 Å². The van der Waals surface area contributed by atoms with Crippen LogP contribution in [0.1, 0.15) is 50.2 Å². The lowest BCUT2D eigenvalue weighted by Gasteiger charge is -2.30. The number of benzene rings is 1. The monoisotopic (exact) mass is 302 g/mol. The number of hydrogen-bond donors (Lipinski definition) is 1. The molecule has 0 bridgehead atoms. The highest BCUT2D eigenvalue weighted by atomic mass is 19.4. The molecule has 2 rings (SSSR count). The van der Waals surface area contributed by atoms with Crippen molar-refractivity contribution in [3.05, 3.63) is 29.3 Å². The summed E-state index contributed by atoms with van der Waals surface area (Å²) in [6, 6.07) is 3.77. The Morgan fingerprint density at radius 2 is 2.05 bits per heavy atom. The number of rotatable bonds is 4. The van der Waals surface area contributed by atoms with Gasteiger partial charge in [0.15, 0.2) is 0 Å². The zero-order valence-corrected chi connectivity index (χ0v) is 12.1. The van der Waals surface area contributed by atoms with Gasteiger partial charge in [-0.3, -0.25) is 0 Å². The molecule has 0 saturated heterocycles. The summed E-state index contributed by atoms with van der Waals surface area (Å²) in [5.41, 5.74) is -0.558. The fourth-order valence-corrected chi connectivity index (χ4v) is 2.90. The van der Waals surface area contributed by atoms with Gasteiger partial charge in [-0.1, -0.05) is 25.8 Å². The van der Waals surface area contributed by atoms with Crippen LogP contribution in [0.4, 0.5) is 13.2 Å². The van der Waals surface area contributed by atoms with Crippen molar-refractivity contribution in [2.75, 3.05) is 0 Å². The van der Waals surface area contributed by atoms with Gasteiger partial charge in [-0.05, 0) is 42.9 Å². The molecule has 0 aromatic heterocycles. The van der Waals surface area contributed by atoms with Crippen molar-refractivity contribution >= 4 is 0 Å². The maximum atomic E-state index is 13.1. The molecule has 2 nitrogen and oxygen atoms in total. The Bertz CT molecular complexity index is 471. The Balaban J connectivity index is 2.19. The number of alkyl halides is 3. The Morgan fingerprint density at radius 1 is 1.29 bits per heavy atom. The smallest absolute Gasteiger partial charge is 0.419 e.